The number of H-pyrrole nitrogens is 1. The van der Waals surface area contributed by atoms with Crippen molar-refractivity contribution in [2.24, 2.45) is 11.1 Å². The highest BCUT2D eigenvalue weighted by atomic mass is 16.3. The molecule has 9 heteroatoms. The Labute approximate surface area is 245 Å². The smallest absolute Gasteiger partial charge is 0.206 e. The van der Waals surface area contributed by atoms with E-state index in [9.17, 15) is 9.90 Å². The number of nitrogens with zero attached hydrogens (tertiary/aromatic N) is 2. The van der Waals surface area contributed by atoms with Gasteiger partial charge in [0.25, 0.3) is 0 Å². The molecule has 0 unspecified atom stereocenters. The van der Waals surface area contributed by atoms with Crippen LogP contribution in [0, 0.1) is 10.8 Å². The number of pyridine rings is 1. The molecule has 1 fully saturated rings. The zero-order chi connectivity index (χ0) is 30.5. The summed E-state index contributed by atoms with van der Waals surface area (Å²) in [6.45, 7) is 7.53. The minimum Gasteiger partial charge on any atom is -0.390 e. The van der Waals surface area contributed by atoms with Crippen LogP contribution in [0.2, 0.25) is 0 Å². The quantitative estimate of drug-likeness (QED) is 0.0950. The molecule has 0 atom stereocenters. The molecule has 9 nitrogen and oxygen atoms in total. The second kappa shape index (κ2) is 20.4. The Morgan fingerprint density at radius 3 is 2.44 bits per heavy atom. The van der Waals surface area contributed by atoms with Gasteiger partial charge in [0.05, 0.1) is 29.7 Å². The molecule has 2 heterocycles. The van der Waals surface area contributed by atoms with E-state index >= 15 is 0 Å². The molecule has 1 aromatic carbocycles. The number of hydrogen-bond acceptors (Lipinski definition) is 7. The number of unbranched alkanes of at least 4 members (excludes halogenated alkanes) is 3. The van der Waals surface area contributed by atoms with Gasteiger partial charge in [-0.15, -0.1) is 0 Å². The fraction of sp³-hybridized carbons (Fsp3) is 0.531. The number of imidazole rings is 1. The number of hydrogen-bond donors (Lipinski definition) is 5. The average Bonchev–Trinajstić information content (AvgIpc) is 3.65. The summed E-state index contributed by atoms with van der Waals surface area (Å²) in [7, 11) is 1.56. The highest BCUT2D eigenvalue weighted by molar-refractivity contribution is 5.83. The predicted octanol–water partition coefficient (Wildman–Crippen LogP) is 5.74. The zero-order valence-corrected chi connectivity index (χ0v) is 25.2. The average molecular weight is 567 g/mol. The maximum atomic E-state index is 11.3. The van der Waals surface area contributed by atoms with E-state index < -0.39 is 0 Å². The first kappa shape index (κ1) is 35.6. The molecule has 1 aliphatic rings. The number of benzene rings is 1. The SMILES string of the molecule is C=N.CCC(=O)CCCCCCc1ncc(-c2ccc3nc(CO)ccc3c2)[nH]1.CCC1(CCN)CC1.CNC=O. The van der Waals surface area contributed by atoms with Gasteiger partial charge < -0.3 is 26.6 Å². The van der Waals surface area contributed by atoms with Gasteiger partial charge in [-0.05, 0) is 69.0 Å². The van der Waals surface area contributed by atoms with Crippen LogP contribution < -0.4 is 11.1 Å². The van der Waals surface area contributed by atoms with E-state index in [1.54, 1.807) is 7.05 Å². The summed E-state index contributed by atoms with van der Waals surface area (Å²) in [5.74, 6) is 1.37. The minimum atomic E-state index is -0.0451. The Hall–Kier alpha value is -3.43. The number of aromatic nitrogens is 3. The van der Waals surface area contributed by atoms with Crippen LogP contribution in [0.1, 0.15) is 89.6 Å². The van der Waals surface area contributed by atoms with Crippen LogP contribution in [0.3, 0.4) is 0 Å². The molecule has 1 amide bonds. The summed E-state index contributed by atoms with van der Waals surface area (Å²) < 4.78 is 0. The van der Waals surface area contributed by atoms with Crippen molar-refractivity contribution in [2.75, 3.05) is 13.6 Å². The lowest BCUT2D eigenvalue weighted by Crippen LogP contribution is -2.07. The molecule has 1 saturated carbocycles. The molecule has 0 saturated heterocycles. The summed E-state index contributed by atoms with van der Waals surface area (Å²) in [6.07, 6.45) is 14.6. The van der Waals surface area contributed by atoms with Crippen molar-refractivity contribution in [1.82, 2.24) is 20.3 Å². The van der Waals surface area contributed by atoms with Crippen LogP contribution >= 0.6 is 0 Å². The predicted molar refractivity (Wildman–Crippen MR) is 168 cm³/mol. The molecule has 0 radical (unpaired) electrons. The second-order valence-corrected chi connectivity index (χ2v) is 10.2. The number of fused-ring (bicyclic) bond motifs is 1. The lowest BCUT2D eigenvalue weighted by atomic mass is 10.00. The molecule has 0 bridgehead atoms. The maximum absolute atomic E-state index is 11.3. The highest BCUT2D eigenvalue weighted by Gasteiger charge is 2.39. The largest absolute Gasteiger partial charge is 0.390 e. The number of nitrogens with one attached hydrogen (secondary N) is 3. The van der Waals surface area contributed by atoms with Gasteiger partial charge in [0.15, 0.2) is 0 Å². The Morgan fingerprint density at radius 2 is 1.88 bits per heavy atom. The van der Waals surface area contributed by atoms with Crippen LogP contribution in [-0.4, -0.2) is 52.6 Å². The Bertz CT molecular complexity index is 1160. The maximum Gasteiger partial charge on any atom is 0.206 e. The van der Waals surface area contributed by atoms with E-state index in [0.717, 1.165) is 78.5 Å². The van der Waals surface area contributed by atoms with Crippen molar-refractivity contribution < 1.29 is 14.7 Å². The number of nitrogens with two attached hydrogens (primary N) is 1. The van der Waals surface area contributed by atoms with Crippen molar-refractivity contribution in [3.05, 3.63) is 48.0 Å². The molecule has 0 aliphatic heterocycles. The summed E-state index contributed by atoms with van der Waals surface area (Å²) in [5, 5.41) is 18.0. The van der Waals surface area contributed by atoms with Gasteiger partial charge in [-0.3, -0.25) is 14.6 Å². The van der Waals surface area contributed by atoms with Crippen LogP contribution in [-0.2, 0) is 22.6 Å². The third-order valence-corrected chi connectivity index (χ3v) is 7.36. The third-order valence-electron chi connectivity index (χ3n) is 7.36. The molecular weight excluding hydrogens is 516 g/mol. The fourth-order valence-electron chi connectivity index (χ4n) is 4.47. The zero-order valence-electron chi connectivity index (χ0n) is 25.2. The van der Waals surface area contributed by atoms with Crippen molar-refractivity contribution in [3.63, 3.8) is 0 Å². The van der Waals surface area contributed by atoms with Gasteiger partial charge in [-0.2, -0.15) is 0 Å². The number of Topliss-reactive ketones (excluding diaryl/α,β-unsaturated/α-hetero) is 1. The molecular formula is C32H50N6O3. The van der Waals surface area contributed by atoms with Crippen LogP contribution in [0.5, 0.6) is 0 Å². The molecule has 1 aliphatic carbocycles. The summed E-state index contributed by atoms with van der Waals surface area (Å²) in [5.41, 5.74) is 9.79. The summed E-state index contributed by atoms with van der Waals surface area (Å²) in [4.78, 5) is 32.7. The van der Waals surface area contributed by atoms with E-state index in [4.69, 9.17) is 15.9 Å². The van der Waals surface area contributed by atoms with E-state index in [1.165, 1.54) is 25.7 Å². The van der Waals surface area contributed by atoms with Gasteiger partial charge in [0.1, 0.15) is 11.6 Å². The molecule has 0 spiro atoms. The molecule has 4 rings (SSSR count). The number of amides is 1. The van der Waals surface area contributed by atoms with Crippen LogP contribution in [0.25, 0.3) is 22.2 Å². The van der Waals surface area contributed by atoms with Gasteiger partial charge in [0.2, 0.25) is 6.41 Å². The van der Waals surface area contributed by atoms with E-state index in [1.807, 2.05) is 37.4 Å². The van der Waals surface area contributed by atoms with Crippen LogP contribution in [0.4, 0.5) is 0 Å². The number of ketones is 1. The standard InChI is InChI=1S/C22H27N3O2.C7H15N.C2H5NO.CH3N/c1-2-19(27)7-5-3-4-6-8-22-23-14-21(25-22)17-10-12-20-16(13-17)9-11-18(15-26)24-20;1-2-7(3-4-7)5-6-8;1-3-2-4;1-2/h9-14,26H,2-8,15H2,1H3,(H,23,25);2-6,8H2,1H3;2H,1H3,(H,3,4);2H,1H2. The van der Waals surface area contributed by atoms with Gasteiger partial charge >= 0.3 is 0 Å². The van der Waals surface area contributed by atoms with Gasteiger partial charge in [-0.1, -0.05) is 45.2 Å². The topological polar surface area (TPSA) is 158 Å². The summed E-state index contributed by atoms with van der Waals surface area (Å²) in [6, 6.07) is 9.92. The fourth-order valence-corrected chi connectivity index (χ4v) is 4.47. The number of aryl methyl sites for hydroxylation is 1. The van der Waals surface area contributed by atoms with E-state index in [0.29, 0.717) is 24.3 Å². The number of carbonyl (C=O) groups is 2. The number of aromatic amines is 1. The van der Waals surface area contributed by atoms with E-state index in [-0.39, 0.29) is 6.61 Å². The molecule has 2 aromatic heterocycles. The van der Waals surface area contributed by atoms with Gasteiger partial charge in [-0.25, -0.2) is 4.98 Å². The van der Waals surface area contributed by atoms with Crippen molar-refractivity contribution in [3.8, 4) is 11.3 Å². The Balaban J connectivity index is 0.000000496. The lowest BCUT2D eigenvalue weighted by molar-refractivity contribution is -0.118. The number of aliphatic hydroxyl groups excluding tert-OH is 1. The first-order chi connectivity index (χ1) is 19.9. The summed E-state index contributed by atoms with van der Waals surface area (Å²) >= 11 is 0. The Kier molecular flexibility index (Phi) is 17.8. The van der Waals surface area contributed by atoms with Gasteiger partial charge in [0, 0.05) is 37.3 Å². The first-order valence-corrected chi connectivity index (χ1v) is 14.7. The number of aliphatic hydroxyl groups is 1. The van der Waals surface area contributed by atoms with Crippen molar-refractivity contribution in [1.29, 1.82) is 5.41 Å². The third kappa shape index (κ3) is 13.2. The number of rotatable bonds is 14. The normalized spacial score (nSPS) is 12.5. The minimum absolute atomic E-state index is 0.0451. The second-order valence-electron chi connectivity index (χ2n) is 10.2. The highest BCUT2D eigenvalue weighted by Crippen LogP contribution is 2.51. The molecule has 41 heavy (non-hydrogen) atoms. The molecule has 3 aromatic rings. The van der Waals surface area contributed by atoms with Crippen molar-refractivity contribution >= 4 is 29.8 Å². The molecule has 6 N–H and O–H groups in total. The lowest BCUT2D eigenvalue weighted by Gasteiger charge is -2.07. The van der Waals surface area contributed by atoms with E-state index in [2.05, 4.69) is 40.0 Å². The monoisotopic (exact) mass is 566 g/mol. The first-order valence-electron chi connectivity index (χ1n) is 14.7. The number of carbonyl (C=O) groups excluding carboxylic acids is 2. The van der Waals surface area contributed by atoms with Crippen LogP contribution in [0.15, 0.2) is 36.5 Å². The molecule has 226 valence electrons. The van der Waals surface area contributed by atoms with Crippen molar-refractivity contribution in [2.45, 2.75) is 91.1 Å². The Morgan fingerprint density at radius 1 is 1.17 bits per heavy atom.